The molecule has 0 unspecified atom stereocenters. The minimum Gasteiger partial charge on any atom is -0.382 e. The molecular formula is C36H74O3. The summed E-state index contributed by atoms with van der Waals surface area (Å²) in [5.41, 5.74) is 0. The van der Waals surface area contributed by atoms with Crippen LogP contribution in [0.25, 0.3) is 0 Å². The van der Waals surface area contributed by atoms with Crippen molar-refractivity contribution >= 4 is 0 Å². The van der Waals surface area contributed by atoms with E-state index in [0.717, 1.165) is 39.6 Å². The Kier molecular flexibility index (Phi) is 37.8. The summed E-state index contributed by atoms with van der Waals surface area (Å²) in [4.78, 5) is 0. The Bertz CT molecular complexity index is 365. The molecule has 0 aromatic heterocycles. The van der Waals surface area contributed by atoms with E-state index in [1.165, 1.54) is 180 Å². The van der Waals surface area contributed by atoms with Gasteiger partial charge in [0.05, 0.1) is 0 Å². The maximum atomic E-state index is 5.87. The average molecular weight is 555 g/mol. The summed E-state index contributed by atoms with van der Waals surface area (Å²) < 4.78 is 16.7. The summed E-state index contributed by atoms with van der Waals surface area (Å²) in [6.07, 6.45) is 39.1. The minimum absolute atomic E-state index is 0.868. The van der Waals surface area contributed by atoms with E-state index < -0.39 is 0 Å². The maximum Gasteiger partial charge on any atom is 0.0466 e. The number of hydrogen-bond acceptors (Lipinski definition) is 3. The molecule has 0 fully saturated rings. The molecule has 3 heteroatoms. The van der Waals surface area contributed by atoms with Crippen LogP contribution in [-0.4, -0.2) is 39.6 Å². The van der Waals surface area contributed by atoms with Crippen molar-refractivity contribution in [1.29, 1.82) is 0 Å². The van der Waals surface area contributed by atoms with Crippen molar-refractivity contribution in [1.82, 2.24) is 0 Å². The number of rotatable bonds is 36. The van der Waals surface area contributed by atoms with Crippen molar-refractivity contribution in [3.8, 4) is 0 Å². The third kappa shape index (κ3) is 37.9. The fourth-order valence-corrected chi connectivity index (χ4v) is 5.45. The van der Waals surface area contributed by atoms with E-state index in [9.17, 15) is 0 Å². The van der Waals surface area contributed by atoms with Crippen LogP contribution in [0.1, 0.15) is 194 Å². The lowest BCUT2D eigenvalue weighted by molar-refractivity contribution is 0.125. The van der Waals surface area contributed by atoms with Crippen LogP contribution in [0.3, 0.4) is 0 Å². The largest absolute Gasteiger partial charge is 0.382 e. The Morgan fingerprint density at radius 1 is 0.205 bits per heavy atom. The van der Waals surface area contributed by atoms with Gasteiger partial charge in [0.1, 0.15) is 0 Å². The average Bonchev–Trinajstić information content (AvgIpc) is 2.95. The summed E-state index contributed by atoms with van der Waals surface area (Å²) in [5, 5.41) is 0. The third-order valence-corrected chi connectivity index (χ3v) is 8.06. The first-order valence-corrected chi connectivity index (χ1v) is 18.1. The van der Waals surface area contributed by atoms with Crippen LogP contribution in [0.2, 0.25) is 0 Å². The number of ether oxygens (including phenoxy) is 3. The zero-order chi connectivity index (χ0) is 28.2. The minimum atomic E-state index is 0.868. The lowest BCUT2D eigenvalue weighted by atomic mass is 10.0. The van der Waals surface area contributed by atoms with Crippen LogP contribution in [-0.2, 0) is 14.2 Å². The first kappa shape index (κ1) is 38.9. The molecule has 0 rings (SSSR count). The van der Waals surface area contributed by atoms with Gasteiger partial charge < -0.3 is 14.2 Å². The number of unbranched alkanes of at least 4 members (excludes halogenated alkanes) is 26. The second kappa shape index (κ2) is 37.9. The SMILES string of the molecule is CCOCCCCCCCCCCCCCCCCOCCCCCCCCCCCCCCCCOCC. The highest BCUT2D eigenvalue weighted by Crippen LogP contribution is 2.14. The first-order valence-electron chi connectivity index (χ1n) is 18.1. The lowest BCUT2D eigenvalue weighted by Crippen LogP contribution is -1.97. The van der Waals surface area contributed by atoms with Gasteiger partial charge in [-0.1, -0.05) is 154 Å². The lowest BCUT2D eigenvalue weighted by Gasteiger charge is -2.06. The molecule has 0 N–H and O–H groups in total. The zero-order valence-corrected chi connectivity index (χ0v) is 27.3. The van der Waals surface area contributed by atoms with Crippen molar-refractivity contribution < 1.29 is 14.2 Å². The van der Waals surface area contributed by atoms with Crippen LogP contribution in [0.15, 0.2) is 0 Å². The fraction of sp³-hybridized carbons (Fsp3) is 1.00. The maximum absolute atomic E-state index is 5.87. The van der Waals surface area contributed by atoms with E-state index in [4.69, 9.17) is 14.2 Å². The van der Waals surface area contributed by atoms with Crippen LogP contribution < -0.4 is 0 Å². The molecule has 0 amide bonds. The molecular weight excluding hydrogens is 480 g/mol. The monoisotopic (exact) mass is 555 g/mol. The second-order valence-electron chi connectivity index (χ2n) is 11.9. The summed E-state index contributed by atoms with van der Waals surface area (Å²) in [6, 6.07) is 0. The summed E-state index contributed by atoms with van der Waals surface area (Å²) >= 11 is 0. The molecule has 0 spiro atoms. The van der Waals surface area contributed by atoms with Gasteiger partial charge in [0.25, 0.3) is 0 Å². The molecule has 0 saturated carbocycles. The van der Waals surface area contributed by atoms with E-state index in [0.29, 0.717) is 0 Å². The molecule has 0 saturated heterocycles. The molecule has 3 nitrogen and oxygen atoms in total. The molecule has 0 bridgehead atoms. The molecule has 0 aromatic carbocycles. The molecule has 0 aromatic rings. The highest BCUT2D eigenvalue weighted by atomic mass is 16.5. The van der Waals surface area contributed by atoms with Crippen LogP contribution >= 0.6 is 0 Å². The standard InChI is InChI=1S/C36H74O3/c1-3-37-33-29-25-21-17-13-9-5-7-11-15-19-23-27-31-35-39-36-32-28-24-20-16-12-8-6-10-14-18-22-26-30-34-38-4-2/h3-36H2,1-2H3. The van der Waals surface area contributed by atoms with E-state index in [-0.39, 0.29) is 0 Å². The topological polar surface area (TPSA) is 27.7 Å². The van der Waals surface area contributed by atoms with E-state index in [1.54, 1.807) is 0 Å². The predicted octanol–water partition coefficient (Wildman–Crippen LogP) is 12.0. The molecule has 39 heavy (non-hydrogen) atoms. The van der Waals surface area contributed by atoms with Gasteiger partial charge in [-0.05, 0) is 39.5 Å². The van der Waals surface area contributed by atoms with Crippen molar-refractivity contribution in [2.45, 2.75) is 194 Å². The molecule has 0 aliphatic rings. The van der Waals surface area contributed by atoms with Gasteiger partial charge in [-0.2, -0.15) is 0 Å². The first-order chi connectivity index (χ1) is 19.4. The molecule has 0 radical (unpaired) electrons. The van der Waals surface area contributed by atoms with Crippen molar-refractivity contribution in [3.63, 3.8) is 0 Å². The van der Waals surface area contributed by atoms with Gasteiger partial charge in [-0.15, -0.1) is 0 Å². The van der Waals surface area contributed by atoms with Gasteiger partial charge >= 0.3 is 0 Å². The Morgan fingerprint density at radius 2 is 0.359 bits per heavy atom. The van der Waals surface area contributed by atoms with Crippen LogP contribution in [0.5, 0.6) is 0 Å². The van der Waals surface area contributed by atoms with Crippen LogP contribution in [0, 0.1) is 0 Å². The van der Waals surface area contributed by atoms with E-state index in [2.05, 4.69) is 13.8 Å². The Balaban J connectivity index is 3.01. The molecule has 236 valence electrons. The number of hydrogen-bond donors (Lipinski definition) is 0. The van der Waals surface area contributed by atoms with E-state index in [1.807, 2.05) is 0 Å². The van der Waals surface area contributed by atoms with E-state index >= 15 is 0 Å². The van der Waals surface area contributed by atoms with Gasteiger partial charge in [-0.3, -0.25) is 0 Å². The fourth-order valence-electron chi connectivity index (χ4n) is 5.45. The van der Waals surface area contributed by atoms with Crippen molar-refractivity contribution in [2.75, 3.05) is 39.6 Å². The van der Waals surface area contributed by atoms with Gasteiger partial charge in [0.15, 0.2) is 0 Å². The van der Waals surface area contributed by atoms with Crippen molar-refractivity contribution in [2.24, 2.45) is 0 Å². The smallest absolute Gasteiger partial charge is 0.0466 e. The summed E-state index contributed by atoms with van der Waals surface area (Å²) in [5.74, 6) is 0. The highest BCUT2D eigenvalue weighted by molar-refractivity contribution is 4.51. The van der Waals surface area contributed by atoms with Crippen molar-refractivity contribution in [3.05, 3.63) is 0 Å². The summed E-state index contributed by atoms with van der Waals surface area (Å²) in [7, 11) is 0. The van der Waals surface area contributed by atoms with Gasteiger partial charge in [-0.25, -0.2) is 0 Å². The van der Waals surface area contributed by atoms with Crippen LogP contribution in [0.4, 0.5) is 0 Å². The highest BCUT2D eigenvalue weighted by Gasteiger charge is 1.97. The quantitative estimate of drug-likeness (QED) is 0.0721. The second-order valence-corrected chi connectivity index (χ2v) is 11.9. The van der Waals surface area contributed by atoms with Gasteiger partial charge in [0.2, 0.25) is 0 Å². The molecule has 0 aliphatic heterocycles. The Labute approximate surface area is 247 Å². The summed E-state index contributed by atoms with van der Waals surface area (Å²) in [6.45, 7) is 9.79. The predicted molar refractivity (Wildman–Crippen MR) is 173 cm³/mol. The van der Waals surface area contributed by atoms with Gasteiger partial charge in [0, 0.05) is 39.6 Å². The molecule has 0 aliphatic carbocycles. The Hall–Kier alpha value is -0.120. The molecule has 0 heterocycles. The third-order valence-electron chi connectivity index (χ3n) is 8.06. The Morgan fingerprint density at radius 3 is 0.538 bits per heavy atom. The molecule has 0 atom stereocenters. The zero-order valence-electron chi connectivity index (χ0n) is 27.3. The normalized spacial score (nSPS) is 11.5.